The number of nitrogens with zero attached hydrogens (tertiary/aromatic N) is 7. The Bertz CT molecular complexity index is 1880. The van der Waals surface area contributed by atoms with E-state index in [0.717, 1.165) is 0 Å². The largest absolute Gasteiger partial charge is 0.450 e. The van der Waals surface area contributed by atoms with Crippen LogP contribution >= 0.6 is 0 Å². The molecule has 2 aliphatic rings. The summed E-state index contributed by atoms with van der Waals surface area (Å²) in [5.74, 6) is 0.0209. The number of nitrogens with two attached hydrogens (primary N) is 1. The molecular formula is C30H28F2N8O4. The minimum atomic E-state index is -2.82. The van der Waals surface area contributed by atoms with Crippen LogP contribution in [-0.2, 0) is 4.74 Å². The van der Waals surface area contributed by atoms with Gasteiger partial charge in [-0.05, 0) is 24.3 Å². The number of aromatic nitrogens is 4. The fourth-order valence-corrected chi connectivity index (χ4v) is 5.68. The summed E-state index contributed by atoms with van der Waals surface area (Å²) in [5, 5.41) is 0.614. The number of furan rings is 1. The highest BCUT2D eigenvalue weighted by Crippen LogP contribution is 2.30. The van der Waals surface area contributed by atoms with Crippen molar-refractivity contribution in [2.45, 2.75) is 6.43 Å². The van der Waals surface area contributed by atoms with Crippen LogP contribution in [0.15, 0.2) is 59.0 Å². The van der Waals surface area contributed by atoms with Gasteiger partial charge in [0.1, 0.15) is 17.2 Å². The smallest absolute Gasteiger partial charge is 0.296 e. The number of para-hydroxylation sites is 3. The van der Waals surface area contributed by atoms with Gasteiger partial charge in [-0.15, -0.1) is 0 Å². The second-order valence-corrected chi connectivity index (χ2v) is 10.6. The van der Waals surface area contributed by atoms with Crippen LogP contribution in [0.25, 0.3) is 27.8 Å². The molecule has 0 radical (unpaired) electrons. The monoisotopic (exact) mass is 602 g/mol. The molecule has 2 N–H and O–H groups in total. The zero-order valence-corrected chi connectivity index (χ0v) is 23.5. The standard InChI is InChI=1S/C30H28F2N8O4/c31-26(32)28-34-20-6-1-2-7-21(20)40(28)24-17-23(35-30(36-24)39-12-14-43-15-13-39)37-8-10-38(11-9-37)29(42)22-16-18-4-3-5-19(27(33)41)25(18)44-22/h1-7,16-17,26H,8-15H2,(H2,33,41). The van der Waals surface area contributed by atoms with Crippen molar-refractivity contribution >= 4 is 45.6 Å². The van der Waals surface area contributed by atoms with Crippen LogP contribution in [-0.4, -0.2) is 88.7 Å². The molecule has 0 aliphatic carbocycles. The molecule has 2 saturated heterocycles. The van der Waals surface area contributed by atoms with Gasteiger partial charge in [-0.25, -0.2) is 13.8 Å². The zero-order chi connectivity index (χ0) is 30.4. The number of piperazine rings is 1. The number of carbonyl (C=O) groups excluding carboxylic acids is 2. The lowest BCUT2D eigenvalue weighted by atomic mass is 10.1. The van der Waals surface area contributed by atoms with Crippen LogP contribution < -0.4 is 15.5 Å². The molecule has 44 heavy (non-hydrogen) atoms. The minimum Gasteiger partial charge on any atom is -0.450 e. The molecule has 0 atom stereocenters. The number of ether oxygens (including phenoxy) is 1. The first kappa shape index (κ1) is 27.7. The topological polar surface area (TPSA) is 136 Å². The first-order chi connectivity index (χ1) is 21.4. The molecule has 0 saturated carbocycles. The van der Waals surface area contributed by atoms with Gasteiger partial charge < -0.3 is 29.6 Å². The molecule has 5 heterocycles. The van der Waals surface area contributed by atoms with E-state index in [1.807, 2.05) is 9.80 Å². The lowest BCUT2D eigenvalue weighted by molar-refractivity contribution is 0.0716. The molecule has 7 rings (SSSR count). The highest BCUT2D eigenvalue weighted by Gasteiger charge is 2.28. The maximum atomic E-state index is 14.2. The Morgan fingerprint density at radius 1 is 0.841 bits per heavy atom. The number of benzene rings is 2. The van der Waals surface area contributed by atoms with Crippen LogP contribution in [0, 0.1) is 0 Å². The summed E-state index contributed by atoms with van der Waals surface area (Å²) in [7, 11) is 0. The maximum Gasteiger partial charge on any atom is 0.296 e. The third kappa shape index (κ3) is 4.96. The van der Waals surface area contributed by atoms with E-state index < -0.39 is 18.2 Å². The summed E-state index contributed by atoms with van der Waals surface area (Å²) < 4.78 is 41.1. The second-order valence-electron chi connectivity index (χ2n) is 10.6. The number of halogens is 2. The van der Waals surface area contributed by atoms with E-state index >= 15 is 0 Å². The Kier molecular flexibility index (Phi) is 7.04. The van der Waals surface area contributed by atoms with Gasteiger partial charge in [-0.1, -0.05) is 24.3 Å². The molecule has 0 unspecified atom stereocenters. The average Bonchev–Trinajstić information content (AvgIpc) is 3.67. The lowest BCUT2D eigenvalue weighted by Gasteiger charge is -2.35. The first-order valence-electron chi connectivity index (χ1n) is 14.2. The lowest BCUT2D eigenvalue weighted by Crippen LogP contribution is -2.49. The SMILES string of the molecule is NC(=O)c1cccc2cc(C(=O)N3CCN(c4cc(-n5c(C(F)F)nc6ccccc65)nc(N5CCOCC5)n4)CC3)oc12. The van der Waals surface area contributed by atoms with Crippen molar-refractivity contribution in [3.63, 3.8) is 0 Å². The molecule has 0 spiro atoms. The molecule has 0 bridgehead atoms. The summed E-state index contributed by atoms with van der Waals surface area (Å²) in [5.41, 5.74) is 6.91. The van der Waals surface area contributed by atoms with E-state index in [9.17, 15) is 18.4 Å². The molecule has 2 aromatic carbocycles. The summed E-state index contributed by atoms with van der Waals surface area (Å²) in [6, 6.07) is 15.2. The molecule has 2 aliphatic heterocycles. The molecule has 14 heteroatoms. The molecule has 5 aromatic rings. The van der Waals surface area contributed by atoms with Crippen molar-refractivity contribution in [3.05, 3.63) is 71.7 Å². The Morgan fingerprint density at radius 2 is 1.59 bits per heavy atom. The Morgan fingerprint density at radius 3 is 2.34 bits per heavy atom. The number of carbonyl (C=O) groups is 2. The molecule has 2 fully saturated rings. The minimum absolute atomic E-state index is 0.118. The van der Waals surface area contributed by atoms with Crippen molar-refractivity contribution in [2.75, 3.05) is 62.3 Å². The van der Waals surface area contributed by atoms with Crippen LogP contribution in [0.1, 0.15) is 33.2 Å². The van der Waals surface area contributed by atoms with E-state index in [4.69, 9.17) is 24.9 Å². The zero-order valence-electron chi connectivity index (χ0n) is 23.5. The van der Waals surface area contributed by atoms with Gasteiger partial charge in [0, 0.05) is 50.7 Å². The highest BCUT2D eigenvalue weighted by atomic mass is 19.3. The summed E-state index contributed by atoms with van der Waals surface area (Å²) in [6.45, 7) is 3.72. The molecule has 3 aromatic heterocycles. The number of alkyl halides is 2. The summed E-state index contributed by atoms with van der Waals surface area (Å²) >= 11 is 0. The van der Waals surface area contributed by atoms with E-state index in [1.165, 1.54) is 4.57 Å². The number of morpholine rings is 1. The van der Waals surface area contributed by atoms with Crippen LogP contribution in [0.3, 0.4) is 0 Å². The number of imidazole rings is 1. The van der Waals surface area contributed by atoms with E-state index in [2.05, 4.69) is 4.98 Å². The summed E-state index contributed by atoms with van der Waals surface area (Å²) in [6.07, 6.45) is -2.82. The number of anilines is 2. The van der Waals surface area contributed by atoms with Crippen molar-refractivity contribution < 1.29 is 27.5 Å². The Balaban J connectivity index is 1.19. The highest BCUT2D eigenvalue weighted by molar-refractivity contribution is 6.06. The van der Waals surface area contributed by atoms with E-state index in [-0.39, 0.29) is 28.6 Å². The summed E-state index contributed by atoms with van der Waals surface area (Å²) in [4.78, 5) is 44.5. The number of hydrogen-bond acceptors (Lipinski definition) is 9. The Hall–Kier alpha value is -5.11. The molecule has 2 amide bonds. The molecule has 12 nitrogen and oxygen atoms in total. The number of rotatable bonds is 6. The number of hydrogen-bond donors (Lipinski definition) is 1. The van der Waals surface area contributed by atoms with Crippen LogP contribution in [0.4, 0.5) is 20.5 Å². The first-order valence-corrected chi connectivity index (χ1v) is 14.2. The predicted octanol–water partition coefficient (Wildman–Crippen LogP) is 3.40. The van der Waals surface area contributed by atoms with E-state index in [0.29, 0.717) is 80.7 Å². The van der Waals surface area contributed by atoms with Crippen molar-refractivity contribution in [1.29, 1.82) is 0 Å². The Labute approximate surface area is 249 Å². The average molecular weight is 603 g/mol. The number of amides is 2. The van der Waals surface area contributed by atoms with Crippen molar-refractivity contribution in [1.82, 2.24) is 24.4 Å². The van der Waals surface area contributed by atoms with Crippen molar-refractivity contribution in [3.8, 4) is 5.82 Å². The maximum absolute atomic E-state index is 14.2. The molecule has 226 valence electrons. The van der Waals surface area contributed by atoms with E-state index in [1.54, 1.807) is 59.5 Å². The van der Waals surface area contributed by atoms with Crippen LogP contribution in [0.2, 0.25) is 0 Å². The van der Waals surface area contributed by atoms with Gasteiger partial charge in [0.2, 0.25) is 5.95 Å². The van der Waals surface area contributed by atoms with Gasteiger partial charge in [0.15, 0.2) is 11.6 Å². The number of fused-ring (bicyclic) bond motifs is 2. The fraction of sp³-hybridized carbons (Fsp3) is 0.300. The number of primary amides is 1. The van der Waals surface area contributed by atoms with Gasteiger partial charge in [0.05, 0.1) is 29.8 Å². The van der Waals surface area contributed by atoms with Gasteiger partial charge in [-0.2, -0.15) is 9.97 Å². The quantitative estimate of drug-likeness (QED) is 0.310. The predicted molar refractivity (Wildman–Crippen MR) is 157 cm³/mol. The molecular weight excluding hydrogens is 574 g/mol. The van der Waals surface area contributed by atoms with Crippen LogP contribution in [0.5, 0.6) is 0 Å². The van der Waals surface area contributed by atoms with Gasteiger partial charge in [-0.3, -0.25) is 14.2 Å². The normalized spacial score (nSPS) is 15.9. The fourth-order valence-electron chi connectivity index (χ4n) is 5.68. The van der Waals surface area contributed by atoms with Gasteiger partial charge >= 0.3 is 0 Å². The third-order valence-corrected chi connectivity index (χ3v) is 7.90. The van der Waals surface area contributed by atoms with Gasteiger partial charge in [0.25, 0.3) is 18.2 Å². The van der Waals surface area contributed by atoms with Crippen molar-refractivity contribution in [2.24, 2.45) is 5.73 Å². The third-order valence-electron chi connectivity index (χ3n) is 7.90. The second kappa shape index (κ2) is 11.2.